The predicted molar refractivity (Wildman–Crippen MR) is 104 cm³/mol. The largest absolute Gasteiger partial charge is 0.325 e. The van der Waals surface area contributed by atoms with E-state index in [9.17, 15) is 14.9 Å². The predicted octanol–water partition coefficient (Wildman–Crippen LogP) is 4.20. The van der Waals surface area contributed by atoms with Crippen molar-refractivity contribution in [1.82, 2.24) is 4.98 Å². The van der Waals surface area contributed by atoms with Gasteiger partial charge in [0, 0.05) is 16.9 Å². The van der Waals surface area contributed by atoms with Gasteiger partial charge in [0.1, 0.15) is 11.1 Å². The molecule has 0 saturated carbocycles. The molecule has 6 heteroatoms. The Kier molecular flexibility index (Phi) is 6.17. The van der Waals surface area contributed by atoms with Crippen molar-refractivity contribution >= 4 is 29.1 Å². The fourth-order valence-corrected chi connectivity index (χ4v) is 3.42. The molecule has 0 bridgehead atoms. The summed E-state index contributed by atoms with van der Waals surface area (Å²) < 4.78 is 0. The van der Waals surface area contributed by atoms with Crippen LogP contribution in [0.3, 0.4) is 0 Å². The van der Waals surface area contributed by atoms with Crippen LogP contribution in [0.1, 0.15) is 46.6 Å². The second-order valence-corrected chi connectivity index (χ2v) is 7.45. The number of aromatic nitrogens is 1. The number of amides is 1. The van der Waals surface area contributed by atoms with Gasteiger partial charge in [-0.3, -0.25) is 9.59 Å². The van der Waals surface area contributed by atoms with Gasteiger partial charge in [-0.15, -0.1) is 0 Å². The van der Waals surface area contributed by atoms with Crippen molar-refractivity contribution in [3.63, 3.8) is 0 Å². The number of nitriles is 1. The lowest BCUT2D eigenvalue weighted by molar-refractivity contribution is -0.115. The van der Waals surface area contributed by atoms with Crippen LogP contribution in [0, 0.1) is 32.1 Å². The molecule has 0 fully saturated rings. The third kappa shape index (κ3) is 4.30. The highest BCUT2D eigenvalue weighted by molar-refractivity contribution is 8.00. The fourth-order valence-electron chi connectivity index (χ4n) is 2.41. The Bertz CT molecular complexity index is 916. The number of thioether (sulfide) groups is 1. The van der Waals surface area contributed by atoms with Crippen LogP contribution in [-0.4, -0.2) is 21.9 Å². The lowest BCUT2D eigenvalue weighted by Crippen LogP contribution is -2.23. The first-order chi connectivity index (χ1) is 12.2. The molecule has 134 valence electrons. The minimum Gasteiger partial charge on any atom is -0.325 e. The molecule has 0 spiro atoms. The van der Waals surface area contributed by atoms with E-state index >= 15 is 0 Å². The Balaban J connectivity index is 2.19. The summed E-state index contributed by atoms with van der Waals surface area (Å²) in [5, 5.41) is 12.4. The summed E-state index contributed by atoms with van der Waals surface area (Å²) in [6, 6.07) is 9.01. The minimum atomic E-state index is -0.447. The fraction of sp³-hybridized carbons (Fsp3) is 0.300. The van der Waals surface area contributed by atoms with Crippen LogP contribution in [0.25, 0.3) is 0 Å². The first-order valence-electron chi connectivity index (χ1n) is 8.21. The number of anilines is 1. The van der Waals surface area contributed by atoms with Gasteiger partial charge in [-0.25, -0.2) is 4.98 Å². The van der Waals surface area contributed by atoms with Gasteiger partial charge in [0.25, 0.3) is 0 Å². The molecule has 1 N–H and O–H groups in total. The molecule has 1 heterocycles. The van der Waals surface area contributed by atoms with Crippen molar-refractivity contribution in [2.75, 3.05) is 5.32 Å². The second-order valence-electron chi connectivity index (χ2n) is 6.13. The summed E-state index contributed by atoms with van der Waals surface area (Å²) in [5.74, 6) is -0.269. The highest BCUT2D eigenvalue weighted by Crippen LogP contribution is 2.29. The number of pyridine rings is 1. The number of Topliss-reactive ketones (excluding diaryl/α,β-unsaturated/α-hetero) is 1. The monoisotopic (exact) mass is 367 g/mol. The molecule has 26 heavy (non-hydrogen) atoms. The summed E-state index contributed by atoms with van der Waals surface area (Å²) in [6.45, 7) is 8.97. The minimum absolute atomic E-state index is 0.0583. The van der Waals surface area contributed by atoms with Crippen molar-refractivity contribution in [3.8, 4) is 6.07 Å². The Hall–Kier alpha value is -2.65. The maximum Gasteiger partial charge on any atom is 0.237 e. The summed E-state index contributed by atoms with van der Waals surface area (Å²) in [4.78, 5) is 28.5. The van der Waals surface area contributed by atoms with Crippen molar-refractivity contribution in [2.24, 2.45) is 0 Å². The average Bonchev–Trinajstić information content (AvgIpc) is 2.60. The van der Waals surface area contributed by atoms with Crippen LogP contribution in [-0.2, 0) is 4.79 Å². The quantitative estimate of drug-likeness (QED) is 0.632. The summed E-state index contributed by atoms with van der Waals surface area (Å²) in [7, 11) is 0. The smallest absolute Gasteiger partial charge is 0.237 e. The maximum absolute atomic E-state index is 12.5. The van der Waals surface area contributed by atoms with Crippen molar-refractivity contribution < 1.29 is 9.59 Å². The number of ketones is 1. The molecule has 1 aromatic carbocycles. The van der Waals surface area contributed by atoms with Crippen LogP contribution < -0.4 is 5.32 Å². The van der Waals surface area contributed by atoms with E-state index in [0.717, 1.165) is 16.8 Å². The Morgan fingerprint density at radius 3 is 2.54 bits per heavy atom. The summed E-state index contributed by atoms with van der Waals surface area (Å²) >= 11 is 1.26. The first-order valence-corrected chi connectivity index (χ1v) is 9.09. The zero-order valence-corrected chi connectivity index (χ0v) is 16.3. The molecule has 0 saturated heterocycles. The van der Waals surface area contributed by atoms with E-state index in [0.29, 0.717) is 21.8 Å². The molecule has 5 nitrogen and oxygen atoms in total. The molecular weight excluding hydrogens is 346 g/mol. The van der Waals surface area contributed by atoms with Gasteiger partial charge in [0.2, 0.25) is 5.91 Å². The van der Waals surface area contributed by atoms with Crippen molar-refractivity contribution in [3.05, 3.63) is 52.2 Å². The average molecular weight is 367 g/mol. The highest BCUT2D eigenvalue weighted by Gasteiger charge is 2.20. The zero-order valence-electron chi connectivity index (χ0n) is 15.5. The number of hydrogen-bond acceptors (Lipinski definition) is 5. The van der Waals surface area contributed by atoms with Gasteiger partial charge in [-0.2, -0.15) is 5.26 Å². The van der Waals surface area contributed by atoms with Crippen LogP contribution in [0.15, 0.2) is 29.3 Å². The lowest BCUT2D eigenvalue weighted by Gasteiger charge is -2.15. The first kappa shape index (κ1) is 19.7. The topological polar surface area (TPSA) is 82.8 Å². The van der Waals surface area contributed by atoms with Gasteiger partial charge in [-0.1, -0.05) is 23.9 Å². The number of nitrogens with zero attached hydrogens (tertiary/aromatic N) is 2. The molecule has 0 aliphatic carbocycles. The molecule has 0 radical (unpaired) electrons. The van der Waals surface area contributed by atoms with Crippen LogP contribution >= 0.6 is 11.8 Å². The van der Waals surface area contributed by atoms with E-state index < -0.39 is 5.25 Å². The molecule has 1 aromatic heterocycles. The van der Waals surface area contributed by atoms with Crippen LogP contribution in [0.2, 0.25) is 0 Å². The number of aryl methyl sites for hydroxylation is 1. The highest BCUT2D eigenvalue weighted by atomic mass is 32.2. The second kappa shape index (κ2) is 8.15. The summed E-state index contributed by atoms with van der Waals surface area (Å²) in [6.07, 6.45) is 0. The number of carbonyl (C=O) groups is 2. The molecule has 0 aliphatic heterocycles. The summed E-state index contributed by atoms with van der Waals surface area (Å²) in [5.41, 5.74) is 4.36. The molecule has 0 aliphatic rings. The Labute approximate surface area is 157 Å². The molecule has 2 aromatic rings. The van der Waals surface area contributed by atoms with Gasteiger partial charge >= 0.3 is 0 Å². The maximum atomic E-state index is 12.5. The van der Waals surface area contributed by atoms with E-state index in [4.69, 9.17) is 0 Å². The molecular formula is C20H21N3O2S. The number of carbonyl (C=O) groups excluding carboxylic acids is 2. The van der Waals surface area contributed by atoms with Gasteiger partial charge < -0.3 is 5.32 Å². The molecule has 2 rings (SSSR count). The van der Waals surface area contributed by atoms with Gasteiger partial charge in [0.15, 0.2) is 5.78 Å². The third-order valence-electron chi connectivity index (χ3n) is 4.27. The van der Waals surface area contributed by atoms with Gasteiger partial charge in [-0.05, 0) is 57.9 Å². The van der Waals surface area contributed by atoms with E-state index in [1.807, 2.05) is 20.8 Å². The number of nitrogens with one attached hydrogen (secondary N) is 1. The number of benzene rings is 1. The molecule has 1 atom stereocenters. The van der Waals surface area contributed by atoms with E-state index in [2.05, 4.69) is 16.4 Å². The Morgan fingerprint density at radius 1 is 1.23 bits per heavy atom. The SMILES string of the molecule is CC(=O)c1cccc(NC(=O)C(C)Sc2nc(C)c(C)c(C)c2C#N)c1. The van der Waals surface area contributed by atoms with Crippen molar-refractivity contribution in [1.29, 1.82) is 5.26 Å². The van der Waals surface area contributed by atoms with Gasteiger partial charge in [0.05, 0.1) is 10.8 Å². The van der Waals surface area contributed by atoms with E-state index in [1.54, 1.807) is 31.2 Å². The van der Waals surface area contributed by atoms with Crippen molar-refractivity contribution in [2.45, 2.75) is 44.9 Å². The normalized spacial score (nSPS) is 11.5. The number of hydrogen-bond donors (Lipinski definition) is 1. The van der Waals surface area contributed by atoms with Crippen LogP contribution in [0.5, 0.6) is 0 Å². The Morgan fingerprint density at radius 2 is 1.92 bits per heavy atom. The molecule has 1 amide bonds. The van der Waals surface area contributed by atoms with E-state index in [1.165, 1.54) is 18.7 Å². The van der Waals surface area contributed by atoms with Crippen LogP contribution in [0.4, 0.5) is 5.69 Å². The zero-order chi connectivity index (χ0) is 19.4. The number of rotatable bonds is 5. The van der Waals surface area contributed by atoms with E-state index in [-0.39, 0.29) is 11.7 Å². The lowest BCUT2D eigenvalue weighted by atomic mass is 10.1. The third-order valence-corrected chi connectivity index (χ3v) is 5.36. The standard InChI is InChI=1S/C20H21N3O2S/c1-11-12(2)18(10-21)20(22-13(11)3)26-15(5)19(25)23-17-8-6-7-16(9-17)14(4)24/h6-9,15H,1-5H3,(H,23,25). The molecule has 1 unspecified atom stereocenters.